The van der Waals surface area contributed by atoms with Gasteiger partial charge in [0.15, 0.2) is 9.84 Å². The predicted octanol–water partition coefficient (Wildman–Crippen LogP) is 7.29. The first-order valence-corrected chi connectivity index (χ1v) is 18.0. The largest absolute Gasteiger partial charge is 0.464 e. The Balaban J connectivity index is 2.19. The smallest absolute Gasteiger partial charge is 0.333 e. The molecule has 43 heavy (non-hydrogen) atoms. The van der Waals surface area contributed by atoms with Crippen molar-refractivity contribution in [1.29, 1.82) is 0 Å². The average Bonchev–Trinajstić information content (AvgIpc) is 3.06. The van der Waals surface area contributed by atoms with Gasteiger partial charge in [0.25, 0.3) is 5.91 Å². The second kappa shape index (κ2) is 15.7. The molecular weight excluding hydrogens is 585 g/mol. The molecule has 1 heterocycles. The van der Waals surface area contributed by atoms with Crippen molar-refractivity contribution in [3.8, 4) is 5.75 Å². The number of fused-ring (bicyclic) bond motifs is 1. The quantitative estimate of drug-likeness (QED) is 0.100. The van der Waals surface area contributed by atoms with Crippen molar-refractivity contribution >= 4 is 44.9 Å². The number of hydrogen-bond donors (Lipinski definition) is 1. The Labute approximate surface area is 261 Å². The molecule has 0 aromatic heterocycles. The number of thioether (sulfide) groups is 1. The highest BCUT2D eigenvalue weighted by Gasteiger charge is 2.42. The molecule has 0 spiro atoms. The first-order chi connectivity index (χ1) is 20.5. The van der Waals surface area contributed by atoms with Gasteiger partial charge in [0.1, 0.15) is 5.75 Å². The monoisotopic (exact) mass is 630 g/mol. The molecule has 2 aromatic carbocycles. The van der Waals surface area contributed by atoms with Crippen LogP contribution in [0.4, 0.5) is 11.4 Å². The molecule has 10 heteroatoms. The molecule has 0 unspecified atom stereocenters. The van der Waals surface area contributed by atoms with E-state index in [0.717, 1.165) is 49.1 Å². The number of amides is 1. The Morgan fingerprint density at radius 2 is 1.72 bits per heavy atom. The Hall–Kier alpha value is -2.98. The SMILES string of the molecule is CCCCC1(CCCC)CN(c2ccc(C(=O)NC(C)C)cc2)c2cc(SC)c(O/C=C/C(=O)OCC)cc2S(=O)(=O)C1. The van der Waals surface area contributed by atoms with Crippen LogP contribution >= 0.6 is 11.8 Å². The van der Waals surface area contributed by atoms with Crippen molar-refractivity contribution in [1.82, 2.24) is 5.32 Å². The van der Waals surface area contributed by atoms with Gasteiger partial charge in [0, 0.05) is 35.3 Å². The van der Waals surface area contributed by atoms with Crippen LogP contribution in [-0.2, 0) is 19.4 Å². The lowest BCUT2D eigenvalue weighted by Gasteiger charge is -2.37. The van der Waals surface area contributed by atoms with Gasteiger partial charge in [-0.2, -0.15) is 0 Å². The fourth-order valence-electron chi connectivity index (χ4n) is 5.44. The van der Waals surface area contributed by atoms with Crippen molar-refractivity contribution in [3.05, 3.63) is 54.3 Å². The lowest BCUT2D eigenvalue weighted by molar-refractivity contribution is -0.137. The highest BCUT2D eigenvalue weighted by atomic mass is 32.2. The van der Waals surface area contributed by atoms with E-state index in [1.165, 1.54) is 24.1 Å². The maximum atomic E-state index is 14.2. The van der Waals surface area contributed by atoms with E-state index in [-0.39, 0.29) is 29.2 Å². The van der Waals surface area contributed by atoms with E-state index in [0.29, 0.717) is 23.5 Å². The van der Waals surface area contributed by atoms with Gasteiger partial charge in [-0.1, -0.05) is 39.5 Å². The predicted molar refractivity (Wildman–Crippen MR) is 174 cm³/mol. The Morgan fingerprint density at radius 1 is 1.07 bits per heavy atom. The number of rotatable bonds is 14. The minimum atomic E-state index is -3.73. The molecule has 3 rings (SSSR count). The van der Waals surface area contributed by atoms with Gasteiger partial charge in [-0.3, -0.25) is 4.79 Å². The van der Waals surface area contributed by atoms with E-state index in [1.807, 2.05) is 38.3 Å². The first-order valence-electron chi connectivity index (χ1n) is 15.1. The summed E-state index contributed by atoms with van der Waals surface area (Å²) in [4.78, 5) is 27.5. The van der Waals surface area contributed by atoms with Crippen molar-refractivity contribution in [2.75, 3.05) is 30.1 Å². The molecule has 1 amide bonds. The number of ether oxygens (including phenoxy) is 2. The average molecular weight is 631 g/mol. The maximum Gasteiger partial charge on any atom is 0.333 e. The summed E-state index contributed by atoms with van der Waals surface area (Å²) in [5.41, 5.74) is 1.49. The van der Waals surface area contributed by atoms with Crippen LogP contribution in [0, 0.1) is 5.41 Å². The van der Waals surface area contributed by atoms with E-state index in [4.69, 9.17) is 9.47 Å². The first kappa shape index (κ1) is 34.5. The zero-order valence-corrected chi connectivity index (χ0v) is 27.9. The molecule has 1 N–H and O–H groups in total. The number of carbonyl (C=O) groups excluding carboxylic acids is 2. The van der Waals surface area contributed by atoms with Gasteiger partial charge in [-0.25, -0.2) is 13.2 Å². The number of nitrogens with zero attached hydrogens (tertiary/aromatic N) is 1. The summed E-state index contributed by atoms with van der Waals surface area (Å²) in [5.74, 6) is -0.299. The molecule has 0 radical (unpaired) electrons. The molecule has 236 valence electrons. The summed E-state index contributed by atoms with van der Waals surface area (Å²) >= 11 is 1.43. The summed E-state index contributed by atoms with van der Waals surface area (Å²) in [7, 11) is -3.73. The number of hydrogen-bond acceptors (Lipinski definition) is 8. The van der Waals surface area contributed by atoms with Crippen LogP contribution in [0.15, 0.2) is 58.5 Å². The van der Waals surface area contributed by atoms with Crippen molar-refractivity contribution in [2.24, 2.45) is 5.41 Å². The molecule has 0 atom stereocenters. The fraction of sp³-hybridized carbons (Fsp3) is 0.515. The fourth-order valence-corrected chi connectivity index (χ4v) is 8.10. The van der Waals surface area contributed by atoms with Crippen LogP contribution in [-0.4, -0.2) is 51.5 Å². The third-order valence-electron chi connectivity index (χ3n) is 7.53. The Kier molecular flexibility index (Phi) is 12.6. The van der Waals surface area contributed by atoms with Gasteiger partial charge >= 0.3 is 5.97 Å². The van der Waals surface area contributed by atoms with Crippen molar-refractivity contribution in [3.63, 3.8) is 0 Å². The third-order valence-corrected chi connectivity index (χ3v) is 10.3. The number of benzene rings is 2. The molecule has 8 nitrogen and oxygen atoms in total. The number of unbranched alkanes of at least 4 members (excludes halogenated alkanes) is 2. The van der Waals surface area contributed by atoms with Crippen LogP contribution in [0.2, 0.25) is 0 Å². The lowest BCUT2D eigenvalue weighted by Crippen LogP contribution is -2.38. The second-order valence-corrected chi connectivity index (χ2v) is 14.2. The van der Waals surface area contributed by atoms with E-state index in [9.17, 15) is 18.0 Å². The van der Waals surface area contributed by atoms with E-state index < -0.39 is 21.2 Å². The number of sulfone groups is 1. The van der Waals surface area contributed by atoms with E-state index in [2.05, 4.69) is 24.1 Å². The normalized spacial score (nSPS) is 15.7. The molecule has 2 aromatic rings. The van der Waals surface area contributed by atoms with E-state index >= 15 is 0 Å². The number of esters is 1. The van der Waals surface area contributed by atoms with Gasteiger partial charge in [-0.05, 0) is 70.2 Å². The molecule has 0 saturated carbocycles. The van der Waals surface area contributed by atoms with Crippen LogP contribution in [0.5, 0.6) is 5.75 Å². The standard InChI is InChI=1S/C33H46N2O6S2/c1-7-10-17-33(18-11-8-2)22-35(26-14-12-25(13-15-26)32(37)34-24(4)5)27-20-29(42-6)28(21-30(27)43(38,39)23-33)41-19-16-31(36)40-9-3/h12-16,19-21,24H,7-11,17-18,22-23H2,1-6H3,(H,34,37)/b19-16+. The number of anilines is 2. The molecule has 0 bridgehead atoms. The zero-order valence-electron chi connectivity index (χ0n) is 26.3. The summed E-state index contributed by atoms with van der Waals surface area (Å²) in [6.07, 6.45) is 9.71. The topological polar surface area (TPSA) is 102 Å². The molecular formula is C33H46N2O6S2. The zero-order chi connectivity index (χ0) is 31.6. The summed E-state index contributed by atoms with van der Waals surface area (Å²) in [6, 6.07) is 10.8. The molecule has 0 aliphatic carbocycles. The molecule has 1 aliphatic rings. The third kappa shape index (κ3) is 9.01. The number of nitrogens with one attached hydrogen (secondary N) is 1. The Bertz CT molecular complexity index is 1380. The molecule has 0 saturated heterocycles. The van der Waals surface area contributed by atoms with Gasteiger partial charge < -0.3 is 19.7 Å². The van der Waals surface area contributed by atoms with Crippen LogP contribution < -0.4 is 15.0 Å². The Morgan fingerprint density at radius 3 is 2.28 bits per heavy atom. The minimum absolute atomic E-state index is 0.0149. The maximum absolute atomic E-state index is 14.2. The van der Waals surface area contributed by atoms with Crippen molar-refractivity contribution in [2.45, 2.75) is 89.0 Å². The second-order valence-electron chi connectivity index (χ2n) is 11.4. The number of carbonyl (C=O) groups is 2. The van der Waals surface area contributed by atoms with E-state index in [1.54, 1.807) is 25.1 Å². The summed E-state index contributed by atoms with van der Waals surface area (Å²) < 4.78 is 39.2. The highest BCUT2D eigenvalue weighted by Crippen LogP contribution is 2.47. The van der Waals surface area contributed by atoms with Gasteiger partial charge in [0.2, 0.25) is 0 Å². The van der Waals surface area contributed by atoms with Crippen LogP contribution in [0.25, 0.3) is 0 Å². The van der Waals surface area contributed by atoms with Gasteiger partial charge in [0.05, 0.1) is 40.2 Å². The minimum Gasteiger partial charge on any atom is -0.464 e. The lowest BCUT2D eigenvalue weighted by atomic mass is 9.79. The van der Waals surface area contributed by atoms with Crippen LogP contribution in [0.3, 0.4) is 0 Å². The highest BCUT2D eigenvalue weighted by molar-refractivity contribution is 7.98. The summed E-state index contributed by atoms with van der Waals surface area (Å²) in [6.45, 7) is 10.6. The van der Waals surface area contributed by atoms with Gasteiger partial charge in [-0.15, -0.1) is 11.8 Å². The molecule has 1 aliphatic heterocycles. The molecule has 0 fully saturated rings. The van der Waals surface area contributed by atoms with Crippen LogP contribution in [0.1, 0.15) is 83.5 Å². The summed E-state index contributed by atoms with van der Waals surface area (Å²) in [5, 5.41) is 2.92. The van der Waals surface area contributed by atoms with Crippen molar-refractivity contribution < 1.29 is 27.5 Å².